The van der Waals surface area contributed by atoms with Crippen molar-refractivity contribution in [1.82, 2.24) is 35.1 Å². The second-order valence-electron chi connectivity index (χ2n) is 13.6. The van der Waals surface area contributed by atoms with Crippen molar-refractivity contribution in [2.24, 2.45) is 0 Å². The summed E-state index contributed by atoms with van der Waals surface area (Å²) in [6.07, 6.45) is 4.83. The maximum atomic E-state index is 10.1. The molecule has 0 spiro atoms. The number of nitrogens with one attached hydrogen (secondary N) is 2. The number of halogens is 1. The Morgan fingerprint density at radius 1 is 0.764 bits per heavy atom. The van der Waals surface area contributed by atoms with Crippen LogP contribution >= 0.6 is 22.6 Å². The van der Waals surface area contributed by atoms with Crippen molar-refractivity contribution < 1.29 is 5.11 Å². The Morgan fingerprint density at radius 2 is 1.42 bits per heavy atom. The number of benzene rings is 5. The van der Waals surface area contributed by atoms with Crippen LogP contribution in [-0.2, 0) is 18.6 Å². The third-order valence-electron chi connectivity index (χ3n) is 10.1. The van der Waals surface area contributed by atoms with Gasteiger partial charge in [0.15, 0.2) is 5.65 Å². The number of hydrogen-bond donors (Lipinski definition) is 3. The molecule has 3 heterocycles. The summed E-state index contributed by atoms with van der Waals surface area (Å²) in [5.41, 5.74) is 7.93. The molecule has 10 heteroatoms. The lowest BCUT2D eigenvalue weighted by molar-refractivity contribution is 0.458. The molecule has 8 rings (SSSR count). The summed E-state index contributed by atoms with van der Waals surface area (Å²) in [6.45, 7) is 2.05. The predicted octanol–water partition coefficient (Wildman–Crippen LogP) is 8.58. The summed E-state index contributed by atoms with van der Waals surface area (Å²) in [7, 11) is 1.90. The first-order valence-corrected chi connectivity index (χ1v) is 19.5. The van der Waals surface area contributed by atoms with Gasteiger partial charge in [0.05, 0.1) is 12.7 Å². The molecule has 0 aliphatic carbocycles. The Labute approximate surface area is 334 Å². The van der Waals surface area contributed by atoms with Crippen molar-refractivity contribution in [3.05, 3.63) is 201 Å². The van der Waals surface area contributed by atoms with Gasteiger partial charge in [-0.3, -0.25) is 4.68 Å². The zero-order chi connectivity index (χ0) is 37.6. The van der Waals surface area contributed by atoms with Gasteiger partial charge in [0.25, 0.3) is 0 Å². The summed E-state index contributed by atoms with van der Waals surface area (Å²) in [5, 5.41) is 32.0. The Bertz CT molecular complexity index is 2410. The third kappa shape index (κ3) is 7.47. The van der Waals surface area contributed by atoms with Gasteiger partial charge < -0.3 is 15.7 Å². The molecule has 55 heavy (non-hydrogen) atoms. The highest BCUT2D eigenvalue weighted by Crippen LogP contribution is 2.43. The van der Waals surface area contributed by atoms with Gasteiger partial charge in [-0.05, 0) is 105 Å². The molecule has 8 aromatic rings. The van der Waals surface area contributed by atoms with E-state index in [1.807, 2.05) is 52.9 Å². The highest BCUT2D eigenvalue weighted by atomic mass is 127. The topological polar surface area (TPSA) is 106 Å². The minimum Gasteiger partial charge on any atom is -0.508 e. The van der Waals surface area contributed by atoms with Crippen molar-refractivity contribution in [1.29, 1.82) is 0 Å². The number of fused-ring (bicyclic) bond motifs is 1. The molecule has 0 aliphatic heterocycles. The van der Waals surface area contributed by atoms with Crippen LogP contribution in [-0.4, -0.2) is 48.5 Å². The minimum atomic E-state index is -0.883. The Kier molecular flexibility index (Phi) is 10.7. The molecular formula is C45H41IN8O. The summed E-state index contributed by atoms with van der Waals surface area (Å²) < 4.78 is 5.15. The predicted molar refractivity (Wildman–Crippen MR) is 226 cm³/mol. The number of phenols is 1. The van der Waals surface area contributed by atoms with Crippen LogP contribution in [0.5, 0.6) is 5.75 Å². The molecule has 5 aromatic carbocycles. The van der Waals surface area contributed by atoms with Gasteiger partial charge in [-0.1, -0.05) is 120 Å². The fourth-order valence-corrected chi connectivity index (χ4v) is 8.17. The Morgan fingerprint density at radius 3 is 2.05 bits per heavy atom. The molecule has 0 saturated carbocycles. The van der Waals surface area contributed by atoms with Crippen molar-refractivity contribution in [2.75, 3.05) is 18.9 Å². The van der Waals surface area contributed by atoms with Crippen molar-refractivity contribution in [2.45, 2.75) is 31.0 Å². The summed E-state index contributed by atoms with van der Waals surface area (Å²) in [6, 6.07) is 49.4. The van der Waals surface area contributed by atoms with Gasteiger partial charge in [-0.25, -0.2) is 9.67 Å². The number of hydrogen-bond acceptors (Lipinski definition) is 7. The van der Waals surface area contributed by atoms with E-state index in [9.17, 15) is 5.11 Å². The van der Waals surface area contributed by atoms with E-state index in [2.05, 4.69) is 143 Å². The lowest BCUT2D eigenvalue weighted by Gasteiger charge is -2.36. The number of anilines is 1. The van der Waals surface area contributed by atoms with E-state index in [-0.39, 0.29) is 11.7 Å². The van der Waals surface area contributed by atoms with Gasteiger partial charge in [0.1, 0.15) is 22.6 Å². The molecule has 0 fully saturated rings. The van der Waals surface area contributed by atoms with E-state index >= 15 is 0 Å². The summed E-state index contributed by atoms with van der Waals surface area (Å²) in [4.78, 5) is 5.21. The van der Waals surface area contributed by atoms with Crippen molar-refractivity contribution >= 4 is 39.6 Å². The molecule has 0 amide bonds. The number of rotatable bonds is 14. The summed E-state index contributed by atoms with van der Waals surface area (Å²) >= 11 is 2.36. The molecule has 274 valence electrons. The number of aromatic hydroxyl groups is 1. The molecule has 3 N–H and O–H groups in total. The first-order valence-electron chi connectivity index (χ1n) is 18.4. The largest absolute Gasteiger partial charge is 0.508 e. The maximum Gasteiger partial charge on any atom is 0.182 e. The minimum absolute atomic E-state index is 0.0938. The average Bonchev–Trinajstić information content (AvgIpc) is 3.87. The molecule has 0 saturated heterocycles. The van der Waals surface area contributed by atoms with E-state index in [0.717, 1.165) is 64.2 Å². The Balaban J connectivity index is 1.27. The number of phenolic OH excluding ortho intramolecular Hbond substituents is 1. The van der Waals surface area contributed by atoms with Crippen LogP contribution in [0, 0.1) is 3.57 Å². The zero-order valence-corrected chi connectivity index (χ0v) is 32.6. The molecule has 0 radical (unpaired) electrons. The quantitative estimate of drug-likeness (QED) is 0.0573. The number of aromatic nitrogens is 6. The third-order valence-corrected chi connectivity index (χ3v) is 10.8. The van der Waals surface area contributed by atoms with Crippen LogP contribution in [0.1, 0.15) is 51.3 Å². The zero-order valence-electron chi connectivity index (χ0n) is 30.4. The highest BCUT2D eigenvalue weighted by Gasteiger charge is 2.42. The van der Waals surface area contributed by atoms with Crippen LogP contribution < -0.4 is 10.6 Å². The van der Waals surface area contributed by atoms with Gasteiger partial charge >= 0.3 is 0 Å². The molecule has 0 aliphatic rings. The van der Waals surface area contributed by atoms with Crippen molar-refractivity contribution in [3.63, 3.8) is 0 Å². The van der Waals surface area contributed by atoms with Crippen LogP contribution in [0.2, 0.25) is 0 Å². The van der Waals surface area contributed by atoms with Crippen LogP contribution in [0.3, 0.4) is 0 Å². The fraction of sp³-hybridized carbons (Fsp3) is 0.156. The SMILES string of the molecule is CNc1cc(C(CCNCc2cccc(I)c2)c2cnn(Cc3cccc(O)c3)c2)c2nnn(C(c3ccccc3)(c3ccccc3)c3ccccc3)c2n1. The fourth-order valence-electron chi connectivity index (χ4n) is 7.57. The lowest BCUT2D eigenvalue weighted by Crippen LogP contribution is -2.39. The van der Waals surface area contributed by atoms with Gasteiger partial charge in [0, 0.05) is 29.3 Å². The van der Waals surface area contributed by atoms with E-state index in [1.165, 1.54) is 9.13 Å². The van der Waals surface area contributed by atoms with E-state index in [1.54, 1.807) is 12.1 Å². The van der Waals surface area contributed by atoms with Crippen molar-refractivity contribution in [3.8, 4) is 5.75 Å². The monoisotopic (exact) mass is 836 g/mol. The second kappa shape index (κ2) is 16.3. The molecular weight excluding hydrogens is 795 g/mol. The normalized spacial score (nSPS) is 12.2. The average molecular weight is 837 g/mol. The van der Waals surface area contributed by atoms with Gasteiger partial charge in [-0.2, -0.15) is 5.10 Å². The molecule has 0 bridgehead atoms. The van der Waals surface area contributed by atoms with Gasteiger partial charge in [-0.15, -0.1) is 5.10 Å². The smallest absolute Gasteiger partial charge is 0.182 e. The second-order valence-corrected chi connectivity index (χ2v) is 14.9. The first kappa shape index (κ1) is 36.1. The van der Waals surface area contributed by atoms with Crippen LogP contribution in [0.25, 0.3) is 11.2 Å². The number of pyridine rings is 1. The van der Waals surface area contributed by atoms with Crippen LogP contribution in [0.4, 0.5) is 5.82 Å². The van der Waals surface area contributed by atoms with E-state index in [0.29, 0.717) is 12.2 Å². The molecule has 1 unspecified atom stereocenters. The Hall–Kier alpha value is -5.85. The van der Waals surface area contributed by atoms with Gasteiger partial charge in [0.2, 0.25) is 0 Å². The number of nitrogens with zero attached hydrogens (tertiary/aromatic N) is 6. The lowest BCUT2D eigenvalue weighted by atomic mass is 9.77. The highest BCUT2D eigenvalue weighted by molar-refractivity contribution is 14.1. The maximum absolute atomic E-state index is 10.1. The molecule has 3 aromatic heterocycles. The van der Waals surface area contributed by atoms with Crippen LogP contribution in [0.15, 0.2) is 158 Å². The molecule has 1 atom stereocenters. The standard InChI is InChI=1S/C45H41IN8O/c1-47-42-27-41(40(23-24-48-28-32-13-11-21-38(46)25-32)34-29-49-53(31-34)30-33-14-12-22-39(55)26-33)43-44(50-42)54(52-51-43)45(35-15-5-2-6-16-35,36-17-7-3-8-18-36)37-19-9-4-10-20-37/h2-22,25-27,29,31,40,48,55H,23-24,28,30H2,1H3,(H,47,50). The summed E-state index contributed by atoms with van der Waals surface area (Å²) in [5.74, 6) is 0.864. The first-order chi connectivity index (χ1) is 27.0. The van der Waals surface area contributed by atoms with E-state index in [4.69, 9.17) is 20.4 Å². The van der Waals surface area contributed by atoms with E-state index < -0.39 is 5.54 Å². The molecule has 9 nitrogen and oxygen atoms in total.